The fourth-order valence-corrected chi connectivity index (χ4v) is 4.22. The minimum Gasteiger partial charge on any atom is -0.481 e. The molecule has 0 heterocycles. The van der Waals surface area contributed by atoms with E-state index in [0.717, 1.165) is 25.7 Å². The van der Waals surface area contributed by atoms with Gasteiger partial charge in [-0.25, -0.2) is 0 Å². The van der Waals surface area contributed by atoms with Crippen molar-refractivity contribution in [2.45, 2.75) is 63.3 Å². The Morgan fingerprint density at radius 2 is 1.42 bits per heavy atom. The summed E-state index contributed by atoms with van der Waals surface area (Å²) in [5.41, 5.74) is 1.41. The van der Waals surface area contributed by atoms with Crippen LogP contribution in [0.2, 0.25) is 0 Å². The molecule has 0 unspecified atom stereocenters. The lowest BCUT2D eigenvalue weighted by molar-refractivity contribution is -0.144. The largest absolute Gasteiger partial charge is 0.481 e. The lowest BCUT2D eigenvalue weighted by Gasteiger charge is -2.32. The SMILES string of the molecule is O=C(O)C1CCC(C(=O)NC2CCC(c3ccccc3)CC2)CC1. The van der Waals surface area contributed by atoms with Crippen LogP contribution in [-0.4, -0.2) is 23.0 Å². The lowest BCUT2D eigenvalue weighted by atomic mass is 9.80. The minimum atomic E-state index is -0.715. The second-order valence-corrected chi connectivity index (χ2v) is 7.35. The maximum Gasteiger partial charge on any atom is 0.306 e. The van der Waals surface area contributed by atoms with Gasteiger partial charge in [0.2, 0.25) is 5.91 Å². The van der Waals surface area contributed by atoms with Crippen molar-refractivity contribution in [3.05, 3.63) is 35.9 Å². The zero-order valence-corrected chi connectivity index (χ0v) is 14.1. The maximum atomic E-state index is 12.4. The molecule has 4 nitrogen and oxygen atoms in total. The summed E-state index contributed by atoms with van der Waals surface area (Å²) in [5.74, 6) is -0.205. The van der Waals surface area contributed by atoms with Gasteiger partial charge in [-0.05, 0) is 62.8 Å². The Kier molecular flexibility index (Phi) is 5.54. The van der Waals surface area contributed by atoms with Gasteiger partial charge in [0.25, 0.3) is 0 Å². The first kappa shape index (κ1) is 17.0. The second kappa shape index (κ2) is 7.82. The van der Waals surface area contributed by atoms with Gasteiger partial charge in [-0.15, -0.1) is 0 Å². The highest BCUT2D eigenvalue weighted by Gasteiger charge is 2.31. The number of benzene rings is 1. The van der Waals surface area contributed by atoms with Crippen molar-refractivity contribution in [3.8, 4) is 0 Å². The van der Waals surface area contributed by atoms with E-state index in [-0.39, 0.29) is 23.8 Å². The van der Waals surface area contributed by atoms with E-state index in [4.69, 9.17) is 5.11 Å². The van der Waals surface area contributed by atoms with Crippen molar-refractivity contribution in [1.82, 2.24) is 5.32 Å². The predicted molar refractivity (Wildman–Crippen MR) is 92.7 cm³/mol. The van der Waals surface area contributed by atoms with Gasteiger partial charge in [0.15, 0.2) is 0 Å². The number of carboxylic acids is 1. The third kappa shape index (κ3) is 4.16. The van der Waals surface area contributed by atoms with Gasteiger partial charge < -0.3 is 10.4 Å². The Hall–Kier alpha value is -1.84. The average molecular weight is 329 g/mol. The zero-order valence-electron chi connectivity index (χ0n) is 14.1. The molecule has 0 spiro atoms. The van der Waals surface area contributed by atoms with Gasteiger partial charge in [0.05, 0.1) is 5.92 Å². The third-order valence-electron chi connectivity index (χ3n) is 5.79. The molecule has 2 fully saturated rings. The lowest BCUT2D eigenvalue weighted by Crippen LogP contribution is -2.42. The summed E-state index contributed by atoms with van der Waals surface area (Å²) in [5, 5.41) is 12.3. The average Bonchev–Trinajstić information content (AvgIpc) is 2.63. The summed E-state index contributed by atoms with van der Waals surface area (Å²) in [7, 11) is 0. The Morgan fingerprint density at radius 3 is 2.00 bits per heavy atom. The molecule has 0 atom stereocenters. The molecule has 2 aliphatic rings. The molecule has 24 heavy (non-hydrogen) atoms. The van der Waals surface area contributed by atoms with Gasteiger partial charge in [0, 0.05) is 12.0 Å². The quantitative estimate of drug-likeness (QED) is 0.885. The number of carbonyl (C=O) groups is 2. The summed E-state index contributed by atoms with van der Waals surface area (Å²) in [4.78, 5) is 23.4. The van der Waals surface area contributed by atoms with Crippen molar-refractivity contribution >= 4 is 11.9 Å². The Balaban J connectivity index is 1.43. The fourth-order valence-electron chi connectivity index (χ4n) is 4.22. The summed E-state index contributed by atoms with van der Waals surface area (Å²) in [6, 6.07) is 10.9. The van der Waals surface area contributed by atoms with E-state index in [9.17, 15) is 9.59 Å². The first-order valence-corrected chi connectivity index (χ1v) is 9.21. The number of nitrogens with one attached hydrogen (secondary N) is 1. The van der Waals surface area contributed by atoms with Crippen molar-refractivity contribution in [2.75, 3.05) is 0 Å². The molecule has 0 radical (unpaired) electrons. The summed E-state index contributed by atoms with van der Waals surface area (Å²) >= 11 is 0. The standard InChI is InChI=1S/C20H27NO3/c22-19(16-6-8-17(9-7-16)20(23)24)21-18-12-10-15(11-13-18)14-4-2-1-3-5-14/h1-5,15-18H,6-13H2,(H,21,22)(H,23,24). The zero-order chi connectivity index (χ0) is 16.9. The van der Waals surface area contributed by atoms with Crippen LogP contribution < -0.4 is 5.32 Å². The fraction of sp³-hybridized carbons (Fsp3) is 0.600. The first-order chi connectivity index (χ1) is 11.6. The minimum absolute atomic E-state index is 0.00690. The van der Waals surface area contributed by atoms with Gasteiger partial charge in [-0.1, -0.05) is 30.3 Å². The molecular weight excluding hydrogens is 302 g/mol. The molecule has 130 valence electrons. The molecule has 2 aliphatic carbocycles. The number of amides is 1. The van der Waals surface area contributed by atoms with Crippen LogP contribution in [-0.2, 0) is 9.59 Å². The molecule has 2 N–H and O–H groups in total. The summed E-state index contributed by atoms with van der Waals surface area (Å²) in [6.45, 7) is 0. The van der Waals surface area contributed by atoms with Crippen LogP contribution in [0.3, 0.4) is 0 Å². The van der Waals surface area contributed by atoms with Crippen LogP contribution in [0.4, 0.5) is 0 Å². The second-order valence-electron chi connectivity index (χ2n) is 7.35. The van der Waals surface area contributed by atoms with Crippen LogP contribution in [0.5, 0.6) is 0 Å². The molecule has 2 saturated carbocycles. The molecule has 0 bridgehead atoms. The highest BCUT2D eigenvalue weighted by Crippen LogP contribution is 2.33. The van der Waals surface area contributed by atoms with Crippen LogP contribution in [0.15, 0.2) is 30.3 Å². The summed E-state index contributed by atoms with van der Waals surface area (Å²) in [6.07, 6.45) is 7.01. The van der Waals surface area contributed by atoms with E-state index in [0.29, 0.717) is 31.6 Å². The van der Waals surface area contributed by atoms with E-state index in [2.05, 4.69) is 35.6 Å². The number of carboxylic acid groups (broad SMARTS) is 1. The number of hydrogen-bond donors (Lipinski definition) is 2. The van der Waals surface area contributed by atoms with Crippen LogP contribution in [0.1, 0.15) is 62.8 Å². The van der Waals surface area contributed by atoms with E-state index in [1.165, 1.54) is 5.56 Å². The molecule has 0 aromatic heterocycles. The Morgan fingerprint density at radius 1 is 0.833 bits per heavy atom. The van der Waals surface area contributed by atoms with Crippen LogP contribution in [0, 0.1) is 11.8 Å². The molecular formula is C20H27NO3. The highest BCUT2D eigenvalue weighted by atomic mass is 16.4. The highest BCUT2D eigenvalue weighted by molar-refractivity contribution is 5.79. The Bertz CT molecular complexity index is 556. The maximum absolute atomic E-state index is 12.4. The van der Waals surface area contributed by atoms with Crippen molar-refractivity contribution in [3.63, 3.8) is 0 Å². The van der Waals surface area contributed by atoms with Crippen molar-refractivity contribution in [1.29, 1.82) is 0 Å². The number of hydrogen-bond acceptors (Lipinski definition) is 2. The van der Waals surface area contributed by atoms with Crippen LogP contribution in [0.25, 0.3) is 0 Å². The van der Waals surface area contributed by atoms with Gasteiger partial charge >= 0.3 is 5.97 Å². The molecule has 1 aromatic rings. The normalized spacial score (nSPS) is 30.5. The van der Waals surface area contributed by atoms with E-state index < -0.39 is 5.97 Å². The first-order valence-electron chi connectivity index (χ1n) is 9.21. The molecule has 0 saturated heterocycles. The van der Waals surface area contributed by atoms with Crippen LogP contribution >= 0.6 is 0 Å². The number of aliphatic carboxylic acids is 1. The van der Waals surface area contributed by atoms with E-state index >= 15 is 0 Å². The molecule has 3 rings (SSSR count). The van der Waals surface area contributed by atoms with Gasteiger partial charge in [-0.2, -0.15) is 0 Å². The van der Waals surface area contributed by atoms with Crippen molar-refractivity contribution in [2.24, 2.45) is 11.8 Å². The van der Waals surface area contributed by atoms with Gasteiger partial charge in [-0.3, -0.25) is 9.59 Å². The molecule has 4 heteroatoms. The van der Waals surface area contributed by atoms with Gasteiger partial charge in [0.1, 0.15) is 0 Å². The topological polar surface area (TPSA) is 66.4 Å². The molecule has 1 aromatic carbocycles. The van der Waals surface area contributed by atoms with E-state index in [1.54, 1.807) is 0 Å². The number of carbonyl (C=O) groups excluding carboxylic acids is 1. The molecule has 1 amide bonds. The predicted octanol–water partition coefficient (Wildman–Crippen LogP) is 3.72. The monoisotopic (exact) mass is 329 g/mol. The van der Waals surface area contributed by atoms with E-state index in [1.807, 2.05) is 0 Å². The third-order valence-corrected chi connectivity index (χ3v) is 5.79. The van der Waals surface area contributed by atoms with Crippen molar-refractivity contribution < 1.29 is 14.7 Å². The Labute approximate surface area is 143 Å². The number of rotatable bonds is 4. The smallest absolute Gasteiger partial charge is 0.306 e. The summed E-state index contributed by atoms with van der Waals surface area (Å²) < 4.78 is 0. The molecule has 0 aliphatic heterocycles.